The summed E-state index contributed by atoms with van der Waals surface area (Å²) < 4.78 is 10.4. The first-order valence-electron chi connectivity index (χ1n) is 8.28. The zero-order valence-corrected chi connectivity index (χ0v) is 14.2. The maximum atomic E-state index is 12.0. The van der Waals surface area contributed by atoms with E-state index in [0.717, 1.165) is 24.2 Å². The van der Waals surface area contributed by atoms with E-state index in [9.17, 15) is 4.79 Å². The Labute approximate surface area is 147 Å². The highest BCUT2D eigenvalue weighted by Crippen LogP contribution is 2.17. The summed E-state index contributed by atoms with van der Waals surface area (Å²) in [6.45, 7) is 3.41. The zero-order valence-electron chi connectivity index (χ0n) is 14.2. The highest BCUT2D eigenvalue weighted by molar-refractivity contribution is 5.67. The van der Waals surface area contributed by atoms with Crippen molar-refractivity contribution in [2.75, 3.05) is 13.1 Å². The minimum Gasteiger partial charge on any atom is -0.466 e. The molecule has 0 atom stereocenters. The molecule has 1 fully saturated rings. The third kappa shape index (κ3) is 4.98. The molecule has 5 nitrogen and oxygen atoms in total. The van der Waals surface area contributed by atoms with Crippen molar-refractivity contribution >= 4 is 6.09 Å². The molecule has 3 rings (SSSR count). The molecule has 0 saturated carbocycles. The Balaban J connectivity index is 1.47. The maximum Gasteiger partial charge on any atom is 0.410 e. The van der Waals surface area contributed by atoms with Crippen molar-refractivity contribution in [1.82, 2.24) is 9.88 Å². The van der Waals surface area contributed by atoms with Gasteiger partial charge in [0.25, 0.3) is 0 Å². The van der Waals surface area contributed by atoms with Crippen LogP contribution >= 0.6 is 0 Å². The van der Waals surface area contributed by atoms with Gasteiger partial charge in [0, 0.05) is 18.8 Å². The topological polar surface area (TPSA) is 55.6 Å². The number of aryl methyl sites for hydroxylation is 1. The number of hydrogen-bond acceptors (Lipinski definition) is 4. The van der Waals surface area contributed by atoms with E-state index >= 15 is 0 Å². The van der Waals surface area contributed by atoms with Gasteiger partial charge < -0.3 is 14.1 Å². The van der Waals surface area contributed by atoms with Gasteiger partial charge in [0.05, 0.1) is 6.26 Å². The van der Waals surface area contributed by atoms with Crippen molar-refractivity contribution < 1.29 is 13.9 Å². The fourth-order valence-corrected chi connectivity index (χ4v) is 2.56. The molecule has 3 heterocycles. The van der Waals surface area contributed by atoms with Crippen LogP contribution in [0, 0.1) is 18.8 Å². The van der Waals surface area contributed by atoms with Crippen LogP contribution in [0.4, 0.5) is 4.79 Å². The zero-order chi connectivity index (χ0) is 17.5. The SMILES string of the molecule is Cc1cccc(C#CC=C2CCN(C(=O)OCc3ccco3)CC2)n1. The van der Waals surface area contributed by atoms with E-state index in [0.29, 0.717) is 18.8 Å². The number of furan rings is 1. The molecule has 1 amide bonds. The smallest absolute Gasteiger partial charge is 0.410 e. The number of likely N-dealkylation sites (tertiary alicyclic amines) is 1. The third-order valence-corrected chi connectivity index (χ3v) is 3.95. The molecule has 1 aliphatic rings. The quantitative estimate of drug-likeness (QED) is 0.785. The molecule has 0 aromatic carbocycles. The number of carbonyl (C=O) groups excluding carboxylic acids is 1. The highest BCUT2D eigenvalue weighted by Gasteiger charge is 2.20. The standard InChI is InChI=1S/C20H20N2O3/c1-16-5-2-7-18(21-16)8-3-6-17-10-12-22(13-11-17)20(23)25-15-19-9-4-14-24-19/h2,4-7,9,14H,10-13,15H2,1H3. The summed E-state index contributed by atoms with van der Waals surface area (Å²) >= 11 is 0. The van der Waals surface area contributed by atoms with Gasteiger partial charge in [-0.3, -0.25) is 0 Å². The Morgan fingerprint density at radius 1 is 1.32 bits per heavy atom. The van der Waals surface area contributed by atoms with E-state index in [1.165, 1.54) is 5.57 Å². The first-order chi connectivity index (χ1) is 12.2. The van der Waals surface area contributed by atoms with E-state index in [1.807, 2.05) is 31.2 Å². The van der Waals surface area contributed by atoms with E-state index < -0.39 is 0 Å². The van der Waals surface area contributed by atoms with Crippen molar-refractivity contribution in [2.45, 2.75) is 26.4 Å². The molecule has 0 spiro atoms. The molecule has 0 aliphatic carbocycles. The molecule has 1 saturated heterocycles. The van der Waals surface area contributed by atoms with Crippen molar-refractivity contribution in [1.29, 1.82) is 0 Å². The van der Waals surface area contributed by atoms with E-state index in [1.54, 1.807) is 23.3 Å². The number of hydrogen-bond donors (Lipinski definition) is 0. The number of rotatable bonds is 2. The minimum atomic E-state index is -0.300. The fourth-order valence-electron chi connectivity index (χ4n) is 2.56. The second kappa shape index (κ2) is 8.20. The van der Waals surface area contributed by atoms with Crippen LogP contribution in [-0.4, -0.2) is 29.1 Å². The normalized spacial score (nSPS) is 13.8. The first kappa shape index (κ1) is 16.8. The second-order valence-corrected chi connectivity index (χ2v) is 5.86. The average Bonchev–Trinajstić information content (AvgIpc) is 3.14. The van der Waals surface area contributed by atoms with Crippen LogP contribution in [0.15, 0.2) is 52.7 Å². The number of ether oxygens (including phenoxy) is 1. The number of nitrogens with zero attached hydrogens (tertiary/aromatic N) is 2. The van der Waals surface area contributed by atoms with Crippen LogP contribution in [0.25, 0.3) is 0 Å². The maximum absolute atomic E-state index is 12.0. The minimum absolute atomic E-state index is 0.167. The van der Waals surface area contributed by atoms with Crippen LogP contribution in [0.5, 0.6) is 0 Å². The third-order valence-electron chi connectivity index (χ3n) is 3.95. The molecule has 0 radical (unpaired) electrons. The van der Waals surface area contributed by atoms with Crippen LogP contribution in [0.1, 0.15) is 30.0 Å². The van der Waals surface area contributed by atoms with Gasteiger partial charge in [-0.05, 0) is 56.0 Å². The summed E-state index contributed by atoms with van der Waals surface area (Å²) in [5.41, 5.74) is 2.98. The summed E-state index contributed by atoms with van der Waals surface area (Å²) in [6, 6.07) is 9.35. The molecule has 1 aliphatic heterocycles. The predicted molar refractivity (Wildman–Crippen MR) is 93.6 cm³/mol. The van der Waals surface area contributed by atoms with Gasteiger partial charge >= 0.3 is 6.09 Å². The summed E-state index contributed by atoms with van der Waals surface area (Å²) in [4.78, 5) is 18.1. The van der Waals surface area contributed by atoms with Gasteiger partial charge in [-0.2, -0.15) is 0 Å². The van der Waals surface area contributed by atoms with Crippen molar-refractivity contribution in [3.05, 3.63) is 65.4 Å². The Bertz CT molecular complexity index is 803. The number of aromatic nitrogens is 1. The lowest BCUT2D eigenvalue weighted by Gasteiger charge is -2.27. The average molecular weight is 336 g/mol. The molecular formula is C20H20N2O3. The first-order valence-corrected chi connectivity index (χ1v) is 8.28. The Kier molecular flexibility index (Phi) is 5.53. The lowest BCUT2D eigenvalue weighted by atomic mass is 10.0. The van der Waals surface area contributed by atoms with Crippen molar-refractivity contribution in [3.63, 3.8) is 0 Å². The number of allylic oxidation sites excluding steroid dienone is 1. The fraction of sp³-hybridized carbons (Fsp3) is 0.300. The molecular weight excluding hydrogens is 316 g/mol. The number of piperidine rings is 1. The van der Waals surface area contributed by atoms with E-state index in [4.69, 9.17) is 9.15 Å². The Morgan fingerprint density at radius 2 is 2.16 bits per heavy atom. The number of pyridine rings is 1. The summed E-state index contributed by atoms with van der Waals surface area (Å²) in [5, 5.41) is 0. The van der Waals surface area contributed by atoms with Crippen molar-refractivity contribution in [2.24, 2.45) is 0 Å². The highest BCUT2D eigenvalue weighted by atomic mass is 16.6. The number of amides is 1. The summed E-state index contributed by atoms with van der Waals surface area (Å²) in [5.74, 6) is 6.76. The molecule has 25 heavy (non-hydrogen) atoms. The second-order valence-electron chi connectivity index (χ2n) is 5.86. The lowest BCUT2D eigenvalue weighted by Crippen LogP contribution is -2.36. The van der Waals surface area contributed by atoms with Crippen LogP contribution in [0.2, 0.25) is 0 Å². The molecule has 0 unspecified atom stereocenters. The van der Waals surface area contributed by atoms with Crippen molar-refractivity contribution in [3.8, 4) is 11.8 Å². The predicted octanol–water partition coefficient (Wildman–Crippen LogP) is 3.69. The van der Waals surface area contributed by atoms with Gasteiger partial charge in [-0.1, -0.05) is 17.6 Å². The van der Waals surface area contributed by atoms with Crippen LogP contribution in [-0.2, 0) is 11.3 Å². The Morgan fingerprint density at radius 3 is 2.88 bits per heavy atom. The van der Waals surface area contributed by atoms with Crippen LogP contribution in [0.3, 0.4) is 0 Å². The van der Waals surface area contributed by atoms with Gasteiger partial charge in [-0.15, -0.1) is 0 Å². The van der Waals surface area contributed by atoms with Gasteiger partial charge in [0.1, 0.15) is 11.5 Å². The van der Waals surface area contributed by atoms with E-state index in [-0.39, 0.29) is 12.7 Å². The largest absolute Gasteiger partial charge is 0.466 e. The summed E-state index contributed by atoms with van der Waals surface area (Å²) in [6.07, 6.45) is 4.83. The summed E-state index contributed by atoms with van der Waals surface area (Å²) in [7, 11) is 0. The van der Waals surface area contributed by atoms with E-state index in [2.05, 4.69) is 16.8 Å². The molecule has 2 aromatic heterocycles. The molecule has 5 heteroatoms. The molecule has 2 aromatic rings. The van der Waals surface area contributed by atoms with Gasteiger partial charge in [0.15, 0.2) is 6.61 Å². The monoisotopic (exact) mass is 336 g/mol. The van der Waals surface area contributed by atoms with Gasteiger partial charge in [-0.25, -0.2) is 9.78 Å². The molecule has 0 bridgehead atoms. The van der Waals surface area contributed by atoms with Crippen LogP contribution < -0.4 is 0 Å². The lowest BCUT2D eigenvalue weighted by molar-refractivity contribution is 0.0875. The molecule has 128 valence electrons. The molecule has 0 N–H and O–H groups in total. The Hall–Kier alpha value is -3.00. The number of carbonyl (C=O) groups is 1. The van der Waals surface area contributed by atoms with Gasteiger partial charge in [0.2, 0.25) is 0 Å².